The van der Waals surface area contributed by atoms with E-state index in [0.29, 0.717) is 5.56 Å². The van der Waals surface area contributed by atoms with E-state index in [2.05, 4.69) is 36.7 Å². The SMILES string of the molecule is CCCC(C)(C)NC(=O)c1cccc2c1NCCN2. The first-order valence-electron chi connectivity index (χ1n) is 6.97. The van der Waals surface area contributed by atoms with E-state index in [9.17, 15) is 4.79 Å². The van der Waals surface area contributed by atoms with Crippen molar-refractivity contribution in [2.24, 2.45) is 0 Å². The average Bonchev–Trinajstić information content (AvgIpc) is 2.37. The molecular weight excluding hydrogens is 238 g/mol. The van der Waals surface area contributed by atoms with Crippen LogP contribution >= 0.6 is 0 Å². The van der Waals surface area contributed by atoms with E-state index in [1.54, 1.807) is 0 Å². The zero-order valence-electron chi connectivity index (χ0n) is 12.0. The van der Waals surface area contributed by atoms with Crippen LogP contribution in [-0.4, -0.2) is 24.5 Å². The summed E-state index contributed by atoms with van der Waals surface area (Å²) in [4.78, 5) is 12.4. The molecule has 0 aliphatic carbocycles. The molecule has 1 aromatic rings. The van der Waals surface area contributed by atoms with Gasteiger partial charge in [0.25, 0.3) is 5.91 Å². The fourth-order valence-corrected chi connectivity index (χ4v) is 2.53. The monoisotopic (exact) mass is 261 g/mol. The van der Waals surface area contributed by atoms with Gasteiger partial charge >= 0.3 is 0 Å². The molecule has 2 rings (SSSR count). The smallest absolute Gasteiger partial charge is 0.253 e. The van der Waals surface area contributed by atoms with Gasteiger partial charge in [-0.1, -0.05) is 19.4 Å². The van der Waals surface area contributed by atoms with Crippen molar-refractivity contribution < 1.29 is 4.79 Å². The molecule has 104 valence electrons. The van der Waals surface area contributed by atoms with Crippen molar-refractivity contribution in [2.75, 3.05) is 23.7 Å². The molecule has 0 atom stereocenters. The number of benzene rings is 1. The number of rotatable bonds is 4. The second-order valence-corrected chi connectivity index (χ2v) is 5.67. The van der Waals surface area contributed by atoms with Gasteiger partial charge in [-0.3, -0.25) is 4.79 Å². The van der Waals surface area contributed by atoms with Gasteiger partial charge in [-0.2, -0.15) is 0 Å². The Morgan fingerprint density at radius 3 is 2.79 bits per heavy atom. The molecule has 0 spiro atoms. The first kappa shape index (κ1) is 13.7. The Morgan fingerprint density at radius 2 is 2.05 bits per heavy atom. The average molecular weight is 261 g/mol. The third-order valence-electron chi connectivity index (χ3n) is 3.38. The maximum atomic E-state index is 12.4. The summed E-state index contributed by atoms with van der Waals surface area (Å²) in [7, 11) is 0. The van der Waals surface area contributed by atoms with Gasteiger partial charge in [-0.15, -0.1) is 0 Å². The molecule has 0 unspecified atom stereocenters. The molecule has 1 aromatic carbocycles. The lowest BCUT2D eigenvalue weighted by molar-refractivity contribution is 0.0910. The van der Waals surface area contributed by atoms with Gasteiger partial charge in [-0.25, -0.2) is 0 Å². The van der Waals surface area contributed by atoms with Crippen LogP contribution in [0.15, 0.2) is 18.2 Å². The molecular formula is C15H23N3O. The van der Waals surface area contributed by atoms with Gasteiger partial charge in [-0.05, 0) is 32.4 Å². The van der Waals surface area contributed by atoms with Crippen molar-refractivity contribution in [3.05, 3.63) is 23.8 Å². The number of anilines is 2. The van der Waals surface area contributed by atoms with Crippen LogP contribution < -0.4 is 16.0 Å². The van der Waals surface area contributed by atoms with E-state index in [1.807, 2.05) is 18.2 Å². The Hall–Kier alpha value is -1.71. The topological polar surface area (TPSA) is 53.2 Å². The van der Waals surface area contributed by atoms with Crippen molar-refractivity contribution in [1.82, 2.24) is 5.32 Å². The third-order valence-corrected chi connectivity index (χ3v) is 3.38. The highest BCUT2D eigenvalue weighted by Gasteiger charge is 2.23. The Balaban J connectivity index is 2.20. The molecule has 0 saturated carbocycles. The van der Waals surface area contributed by atoms with Crippen LogP contribution in [0.1, 0.15) is 44.0 Å². The first-order valence-corrected chi connectivity index (χ1v) is 6.97. The zero-order valence-corrected chi connectivity index (χ0v) is 12.0. The number of hydrogen-bond donors (Lipinski definition) is 3. The number of amides is 1. The van der Waals surface area contributed by atoms with Crippen LogP contribution in [0, 0.1) is 0 Å². The first-order chi connectivity index (χ1) is 9.03. The van der Waals surface area contributed by atoms with Crippen LogP contribution in [0.4, 0.5) is 11.4 Å². The van der Waals surface area contributed by atoms with Crippen molar-refractivity contribution in [1.29, 1.82) is 0 Å². The molecule has 1 aliphatic rings. The summed E-state index contributed by atoms with van der Waals surface area (Å²) < 4.78 is 0. The minimum absolute atomic E-state index is 0.00787. The molecule has 4 nitrogen and oxygen atoms in total. The van der Waals surface area contributed by atoms with Gasteiger partial charge in [0.15, 0.2) is 0 Å². The molecule has 0 bridgehead atoms. The predicted octanol–water partition coefficient (Wildman–Crippen LogP) is 2.83. The Morgan fingerprint density at radius 1 is 1.32 bits per heavy atom. The van der Waals surface area contributed by atoms with Crippen molar-refractivity contribution in [3.63, 3.8) is 0 Å². The summed E-state index contributed by atoms with van der Waals surface area (Å²) in [5, 5.41) is 9.73. The second kappa shape index (κ2) is 5.51. The maximum absolute atomic E-state index is 12.4. The van der Waals surface area contributed by atoms with Crippen molar-refractivity contribution in [3.8, 4) is 0 Å². The molecule has 0 aromatic heterocycles. The Kier molecular flexibility index (Phi) is 3.98. The normalized spacial score (nSPS) is 14.1. The van der Waals surface area contributed by atoms with Crippen LogP contribution in [0.3, 0.4) is 0 Å². The van der Waals surface area contributed by atoms with Gasteiger partial charge in [0.1, 0.15) is 0 Å². The molecule has 0 fully saturated rings. The van der Waals surface area contributed by atoms with Crippen LogP contribution in [0.2, 0.25) is 0 Å². The van der Waals surface area contributed by atoms with Crippen molar-refractivity contribution in [2.45, 2.75) is 39.2 Å². The summed E-state index contributed by atoms with van der Waals surface area (Å²) >= 11 is 0. The fourth-order valence-electron chi connectivity index (χ4n) is 2.53. The summed E-state index contributed by atoms with van der Waals surface area (Å²) in [6, 6.07) is 5.78. The molecule has 1 heterocycles. The molecule has 0 saturated heterocycles. The van der Waals surface area contributed by atoms with E-state index >= 15 is 0 Å². The lowest BCUT2D eigenvalue weighted by Gasteiger charge is -2.28. The molecule has 1 aliphatic heterocycles. The van der Waals surface area contributed by atoms with Crippen LogP contribution in [0.25, 0.3) is 0 Å². The minimum atomic E-state index is -0.170. The third kappa shape index (κ3) is 3.19. The van der Waals surface area contributed by atoms with Gasteiger partial charge in [0, 0.05) is 18.6 Å². The summed E-state index contributed by atoms with van der Waals surface area (Å²) in [6.07, 6.45) is 2.03. The van der Waals surface area contributed by atoms with Gasteiger partial charge in [0.2, 0.25) is 0 Å². The molecule has 3 N–H and O–H groups in total. The van der Waals surface area contributed by atoms with Gasteiger partial charge in [0.05, 0.1) is 16.9 Å². The lowest BCUT2D eigenvalue weighted by atomic mass is 9.98. The van der Waals surface area contributed by atoms with E-state index in [0.717, 1.165) is 37.3 Å². The number of carbonyl (C=O) groups is 1. The van der Waals surface area contributed by atoms with E-state index < -0.39 is 0 Å². The predicted molar refractivity (Wildman–Crippen MR) is 79.9 cm³/mol. The molecule has 0 radical (unpaired) electrons. The molecule has 19 heavy (non-hydrogen) atoms. The Bertz CT molecular complexity index is 468. The highest BCUT2D eigenvalue weighted by molar-refractivity contribution is 6.03. The van der Waals surface area contributed by atoms with E-state index in [4.69, 9.17) is 0 Å². The summed E-state index contributed by atoms with van der Waals surface area (Å²) in [6.45, 7) is 7.99. The number of fused-ring (bicyclic) bond motifs is 1. The highest BCUT2D eigenvalue weighted by Crippen LogP contribution is 2.28. The largest absolute Gasteiger partial charge is 0.382 e. The number of hydrogen-bond acceptors (Lipinski definition) is 3. The lowest BCUT2D eigenvalue weighted by Crippen LogP contribution is -2.43. The molecule has 1 amide bonds. The summed E-state index contributed by atoms with van der Waals surface area (Å²) in [5.74, 6) is -0.00787. The Labute approximate surface area is 115 Å². The standard InChI is InChI=1S/C15H23N3O/c1-4-8-15(2,3)18-14(19)11-6-5-7-12-13(11)17-10-9-16-12/h5-7,16-17H,4,8-10H2,1-3H3,(H,18,19). The van der Waals surface area contributed by atoms with Gasteiger partial charge < -0.3 is 16.0 Å². The zero-order chi connectivity index (χ0) is 13.9. The maximum Gasteiger partial charge on any atom is 0.253 e. The number of carbonyl (C=O) groups excluding carboxylic acids is 1. The van der Waals surface area contributed by atoms with Crippen molar-refractivity contribution >= 4 is 17.3 Å². The second-order valence-electron chi connectivity index (χ2n) is 5.67. The summed E-state index contributed by atoms with van der Waals surface area (Å²) in [5.41, 5.74) is 2.47. The van der Waals surface area contributed by atoms with E-state index in [-0.39, 0.29) is 11.4 Å². The quantitative estimate of drug-likeness (QED) is 0.781. The van der Waals surface area contributed by atoms with Crippen LogP contribution in [-0.2, 0) is 0 Å². The minimum Gasteiger partial charge on any atom is -0.382 e. The highest BCUT2D eigenvalue weighted by atomic mass is 16.1. The molecule has 4 heteroatoms. The number of nitrogens with one attached hydrogen (secondary N) is 3. The number of para-hydroxylation sites is 1. The van der Waals surface area contributed by atoms with E-state index in [1.165, 1.54) is 0 Å². The van der Waals surface area contributed by atoms with Crippen LogP contribution in [0.5, 0.6) is 0 Å². The fraction of sp³-hybridized carbons (Fsp3) is 0.533.